The number of nitrogens with two attached hydrogens (primary N) is 2. The summed E-state index contributed by atoms with van der Waals surface area (Å²) in [6.07, 6.45) is 1.61. The first-order valence-corrected chi connectivity index (χ1v) is 9.41. The minimum Gasteiger partial charge on any atom is -0.493 e. The lowest BCUT2D eigenvalue weighted by atomic mass is 10.1. The van der Waals surface area contributed by atoms with Crippen molar-refractivity contribution in [1.29, 1.82) is 0 Å². The summed E-state index contributed by atoms with van der Waals surface area (Å²) in [4.78, 5) is 39.5. The van der Waals surface area contributed by atoms with E-state index in [1.54, 1.807) is 24.4 Å². The fourth-order valence-corrected chi connectivity index (χ4v) is 2.70. The van der Waals surface area contributed by atoms with Gasteiger partial charge in [0.05, 0.1) is 39.3 Å². The van der Waals surface area contributed by atoms with Gasteiger partial charge in [-0.15, -0.1) is 0 Å². The van der Waals surface area contributed by atoms with Crippen molar-refractivity contribution in [2.45, 2.75) is 13.5 Å². The lowest BCUT2D eigenvalue weighted by Crippen LogP contribution is -2.18. The van der Waals surface area contributed by atoms with Gasteiger partial charge in [-0.2, -0.15) is 9.97 Å². The van der Waals surface area contributed by atoms with Crippen LogP contribution in [0.2, 0.25) is 0 Å². The molecule has 2 heterocycles. The van der Waals surface area contributed by atoms with Gasteiger partial charge in [0.15, 0.2) is 17.0 Å². The van der Waals surface area contributed by atoms with Crippen molar-refractivity contribution in [3.63, 3.8) is 0 Å². The van der Waals surface area contributed by atoms with Crippen LogP contribution in [0.3, 0.4) is 0 Å². The van der Waals surface area contributed by atoms with Gasteiger partial charge in [0.2, 0.25) is 5.95 Å². The Morgan fingerprint density at radius 2 is 1.91 bits per heavy atom. The largest absolute Gasteiger partial charge is 0.493 e. The number of ether oxygens (including phenoxy) is 3. The molecule has 1 aromatic carbocycles. The zero-order valence-corrected chi connectivity index (χ0v) is 18.2. The van der Waals surface area contributed by atoms with E-state index in [1.165, 1.54) is 14.2 Å². The number of methoxy groups -OCH3 is 2. The van der Waals surface area contributed by atoms with Crippen LogP contribution in [0.5, 0.6) is 5.75 Å². The summed E-state index contributed by atoms with van der Waals surface area (Å²) in [5.74, 6) is 0.239. The van der Waals surface area contributed by atoms with E-state index in [-0.39, 0.29) is 11.8 Å². The van der Waals surface area contributed by atoms with Crippen molar-refractivity contribution in [1.82, 2.24) is 19.9 Å². The van der Waals surface area contributed by atoms with Gasteiger partial charge in [-0.05, 0) is 19.1 Å². The number of carbonyl (C=O) groups is 2. The maximum absolute atomic E-state index is 11.9. The van der Waals surface area contributed by atoms with E-state index >= 15 is 0 Å². The Labute approximate surface area is 184 Å². The van der Waals surface area contributed by atoms with Gasteiger partial charge >= 0.3 is 5.97 Å². The van der Waals surface area contributed by atoms with E-state index in [0.29, 0.717) is 47.8 Å². The van der Waals surface area contributed by atoms with E-state index in [9.17, 15) is 4.79 Å². The van der Waals surface area contributed by atoms with Crippen LogP contribution in [0.25, 0.3) is 11.2 Å². The maximum Gasteiger partial charge on any atom is 0.341 e. The number of nitrogen functional groups attached to an aromatic ring is 2. The molecule has 3 rings (SSSR count). The minimum atomic E-state index is -0.451. The first-order chi connectivity index (χ1) is 15.3. The second kappa shape index (κ2) is 11.2. The molecular weight excluding hydrogens is 418 g/mol. The maximum atomic E-state index is 11.9. The molecule has 0 aliphatic heterocycles. The third-order valence-electron chi connectivity index (χ3n) is 4.11. The Kier molecular flexibility index (Phi) is 8.45. The summed E-state index contributed by atoms with van der Waals surface area (Å²) in [6.45, 7) is 3.09. The molecule has 12 heteroatoms. The molecule has 0 aliphatic carbocycles. The van der Waals surface area contributed by atoms with Gasteiger partial charge in [-0.1, -0.05) is 0 Å². The number of hydrogen-bond acceptors (Lipinski definition) is 12. The average Bonchev–Trinajstić information content (AvgIpc) is 2.79. The number of benzene rings is 1. The van der Waals surface area contributed by atoms with Gasteiger partial charge in [0.1, 0.15) is 11.3 Å². The lowest BCUT2D eigenvalue weighted by molar-refractivity contribution is -0.126. The fourth-order valence-electron chi connectivity index (χ4n) is 2.70. The first-order valence-electron chi connectivity index (χ1n) is 9.41. The highest BCUT2D eigenvalue weighted by Crippen LogP contribution is 2.27. The summed E-state index contributed by atoms with van der Waals surface area (Å²) in [7, 11) is 4.53. The van der Waals surface area contributed by atoms with Crippen molar-refractivity contribution in [3.8, 4) is 5.75 Å². The number of nitrogens with zero attached hydrogens (tertiary/aromatic N) is 5. The predicted octanol–water partition coefficient (Wildman–Crippen LogP) is 1.20. The summed E-state index contributed by atoms with van der Waals surface area (Å²) in [5, 5.41) is 0. The zero-order chi connectivity index (χ0) is 23.7. The molecule has 0 aliphatic rings. The average molecular weight is 443 g/mol. The van der Waals surface area contributed by atoms with Crippen LogP contribution in [-0.4, -0.2) is 60.3 Å². The topological polar surface area (TPSA) is 169 Å². The number of hydrogen-bond donors (Lipinski definition) is 2. The molecule has 32 heavy (non-hydrogen) atoms. The standard InChI is InChI=1S/C18H21N7O3.C2H4O2/c1-4-28-13-7-11(5-6-12(13)17(26)27-3)25(2)9-10-8-21-16-14(22-10)15(19)23-18(20)24-16;1-4-2-3/h5-8H,4,9H2,1-3H3,(H4,19,20,21,23,24);2H,1H3. The lowest BCUT2D eigenvalue weighted by Gasteiger charge is -2.20. The highest BCUT2D eigenvalue weighted by molar-refractivity contribution is 5.93. The third kappa shape index (κ3) is 5.90. The number of fused-ring (bicyclic) bond motifs is 1. The van der Waals surface area contributed by atoms with Crippen LogP contribution in [0.15, 0.2) is 24.4 Å². The molecule has 0 fully saturated rings. The van der Waals surface area contributed by atoms with E-state index in [1.807, 2.05) is 18.9 Å². The Bertz CT molecular complexity index is 1090. The molecule has 3 aromatic rings. The summed E-state index contributed by atoms with van der Waals surface area (Å²) in [6, 6.07) is 5.26. The molecule has 0 bridgehead atoms. The van der Waals surface area contributed by atoms with Crippen molar-refractivity contribution in [2.75, 3.05) is 44.2 Å². The van der Waals surface area contributed by atoms with Crippen LogP contribution in [0.4, 0.5) is 17.5 Å². The molecule has 0 saturated carbocycles. The summed E-state index contributed by atoms with van der Waals surface area (Å²) < 4.78 is 14.2. The first kappa shape index (κ1) is 24.1. The zero-order valence-electron chi connectivity index (χ0n) is 18.2. The normalized spacial score (nSPS) is 10.0. The van der Waals surface area contributed by atoms with E-state index < -0.39 is 5.97 Å². The smallest absolute Gasteiger partial charge is 0.341 e. The molecule has 12 nitrogen and oxygen atoms in total. The Balaban J connectivity index is 0.000000837. The number of aromatic nitrogens is 4. The third-order valence-corrected chi connectivity index (χ3v) is 4.11. The van der Waals surface area contributed by atoms with E-state index in [4.69, 9.17) is 25.7 Å². The molecule has 0 amide bonds. The number of carbonyl (C=O) groups excluding carboxylic acids is 2. The molecule has 0 saturated heterocycles. The molecule has 4 N–H and O–H groups in total. The molecule has 0 radical (unpaired) electrons. The summed E-state index contributed by atoms with van der Waals surface area (Å²) >= 11 is 0. The minimum absolute atomic E-state index is 0.0540. The van der Waals surface area contributed by atoms with Gasteiger partial charge in [0, 0.05) is 18.8 Å². The quantitative estimate of drug-likeness (QED) is 0.396. The predicted molar refractivity (Wildman–Crippen MR) is 118 cm³/mol. The van der Waals surface area contributed by atoms with Crippen molar-refractivity contribution < 1.29 is 23.8 Å². The van der Waals surface area contributed by atoms with Crippen LogP contribution in [0, 0.1) is 0 Å². The second-order valence-corrected chi connectivity index (χ2v) is 6.29. The van der Waals surface area contributed by atoms with Gasteiger partial charge in [-0.3, -0.25) is 4.79 Å². The number of anilines is 3. The molecular formula is C20H25N7O5. The van der Waals surface area contributed by atoms with Gasteiger partial charge in [-0.25, -0.2) is 14.8 Å². The van der Waals surface area contributed by atoms with E-state index in [2.05, 4.69) is 24.7 Å². The van der Waals surface area contributed by atoms with Crippen molar-refractivity contribution in [3.05, 3.63) is 35.7 Å². The van der Waals surface area contributed by atoms with Gasteiger partial charge in [0.25, 0.3) is 6.47 Å². The van der Waals surface area contributed by atoms with Crippen LogP contribution < -0.4 is 21.1 Å². The highest BCUT2D eigenvalue weighted by atomic mass is 16.5. The molecule has 0 unspecified atom stereocenters. The van der Waals surface area contributed by atoms with E-state index in [0.717, 1.165) is 5.69 Å². The Morgan fingerprint density at radius 1 is 1.19 bits per heavy atom. The second-order valence-electron chi connectivity index (χ2n) is 6.29. The molecule has 0 spiro atoms. The monoisotopic (exact) mass is 443 g/mol. The Hall–Kier alpha value is -4.22. The Morgan fingerprint density at radius 3 is 2.53 bits per heavy atom. The number of esters is 1. The number of rotatable bonds is 7. The SMILES string of the molecule is CCOc1cc(N(C)Cc2cnc3nc(N)nc(N)c3n2)ccc1C(=O)OC.COC=O. The fraction of sp³-hybridized carbons (Fsp3) is 0.300. The highest BCUT2D eigenvalue weighted by Gasteiger charge is 2.16. The van der Waals surface area contributed by atoms with Crippen molar-refractivity contribution in [2.24, 2.45) is 0 Å². The molecule has 170 valence electrons. The van der Waals surface area contributed by atoms with Crippen LogP contribution in [-0.2, 0) is 20.8 Å². The van der Waals surface area contributed by atoms with Crippen LogP contribution in [0.1, 0.15) is 23.0 Å². The van der Waals surface area contributed by atoms with Crippen LogP contribution >= 0.6 is 0 Å². The molecule has 2 aromatic heterocycles. The van der Waals surface area contributed by atoms with Crippen molar-refractivity contribution >= 4 is 41.1 Å². The van der Waals surface area contributed by atoms with Gasteiger partial charge < -0.3 is 30.6 Å². The molecule has 0 atom stereocenters. The summed E-state index contributed by atoms with van der Waals surface area (Å²) in [5.41, 5.74) is 14.1.